The van der Waals surface area contributed by atoms with E-state index in [-0.39, 0.29) is 35.5 Å². The number of nitrogens with zero attached hydrogens (tertiary/aromatic N) is 6. The number of rotatable bonds is 7. The Morgan fingerprint density at radius 3 is 1.71 bits per heavy atom. The normalized spacial score (nSPS) is 14.5. The summed E-state index contributed by atoms with van der Waals surface area (Å²) in [5.74, 6) is -2.15. The molecule has 6 rings (SSSR count). The number of carbonyl (C=O) groups is 2. The lowest BCUT2D eigenvalue weighted by Crippen LogP contribution is -2.10. The lowest BCUT2D eigenvalue weighted by Gasteiger charge is -2.07. The summed E-state index contributed by atoms with van der Waals surface area (Å²) in [6.07, 6.45) is 3.69. The quantitative estimate of drug-likeness (QED) is 0.353. The average molecular weight is 523 g/mol. The van der Waals surface area contributed by atoms with Crippen molar-refractivity contribution in [3.63, 3.8) is 0 Å². The summed E-state index contributed by atoms with van der Waals surface area (Å²) < 4.78 is 35.3. The van der Waals surface area contributed by atoms with Crippen molar-refractivity contribution in [2.75, 3.05) is 6.61 Å². The molecule has 0 aliphatic heterocycles. The van der Waals surface area contributed by atoms with Crippen LogP contribution in [0.3, 0.4) is 0 Å². The number of carbonyl (C=O) groups excluding carboxylic acids is 1. The number of carboxylic acid groups (broad SMARTS) is 1. The Kier molecular flexibility index (Phi) is 6.95. The summed E-state index contributed by atoms with van der Waals surface area (Å²) in [6, 6.07) is 12.4. The molecule has 4 aromatic rings. The van der Waals surface area contributed by atoms with Crippen molar-refractivity contribution in [2.24, 2.45) is 0 Å². The maximum Gasteiger partial charge on any atom is 0.360 e. The molecule has 38 heavy (non-hydrogen) atoms. The van der Waals surface area contributed by atoms with Gasteiger partial charge in [-0.1, -0.05) is 34.7 Å². The van der Waals surface area contributed by atoms with Crippen molar-refractivity contribution < 1.29 is 28.2 Å². The Labute approximate surface area is 215 Å². The van der Waals surface area contributed by atoms with Crippen LogP contribution in [-0.2, 0) is 4.74 Å². The smallest absolute Gasteiger partial charge is 0.360 e. The Morgan fingerprint density at radius 1 is 0.842 bits per heavy atom. The lowest BCUT2D eigenvalue weighted by molar-refractivity contribution is 0.0517. The van der Waals surface area contributed by atoms with Crippen molar-refractivity contribution in [3.05, 3.63) is 82.9 Å². The zero-order chi connectivity index (χ0) is 26.8. The Hall–Kier alpha value is -4.48. The molecule has 196 valence electrons. The van der Waals surface area contributed by atoms with Crippen LogP contribution in [0.2, 0.25) is 0 Å². The van der Waals surface area contributed by atoms with Crippen LogP contribution in [0.25, 0.3) is 11.4 Å². The monoisotopic (exact) mass is 522 g/mol. The molecule has 0 amide bonds. The predicted octanol–water partition coefficient (Wildman–Crippen LogP) is 4.44. The largest absolute Gasteiger partial charge is 0.476 e. The van der Waals surface area contributed by atoms with Gasteiger partial charge in [0.05, 0.1) is 18.0 Å². The SMILES string of the molecule is CCOC(=O)c1nnn(-c2ccccc2F)c1C1CC1.O=C(O)c1nnn(-c2ccccc2F)c1C1CC1. The first-order valence-electron chi connectivity index (χ1n) is 12.2. The van der Waals surface area contributed by atoms with Gasteiger partial charge in [0.1, 0.15) is 23.0 Å². The second kappa shape index (κ2) is 10.5. The summed E-state index contributed by atoms with van der Waals surface area (Å²) in [7, 11) is 0. The van der Waals surface area contributed by atoms with E-state index < -0.39 is 23.6 Å². The Bertz CT molecular complexity index is 1490. The lowest BCUT2D eigenvalue weighted by atomic mass is 10.2. The summed E-state index contributed by atoms with van der Waals surface area (Å²) in [5, 5.41) is 24.3. The number of aromatic carboxylic acids is 1. The van der Waals surface area contributed by atoms with Gasteiger partial charge < -0.3 is 9.84 Å². The minimum absolute atomic E-state index is 0.0826. The fraction of sp³-hybridized carbons (Fsp3) is 0.308. The van der Waals surface area contributed by atoms with E-state index in [2.05, 4.69) is 20.6 Å². The van der Waals surface area contributed by atoms with Gasteiger partial charge in [-0.2, -0.15) is 0 Å². The van der Waals surface area contributed by atoms with Crippen LogP contribution in [0.1, 0.15) is 76.8 Å². The number of para-hydroxylation sites is 2. The van der Waals surface area contributed by atoms with Gasteiger partial charge in [-0.05, 0) is 56.9 Å². The minimum Gasteiger partial charge on any atom is -0.476 e. The number of ether oxygens (including phenoxy) is 1. The molecule has 2 aromatic heterocycles. The van der Waals surface area contributed by atoms with Gasteiger partial charge in [0.25, 0.3) is 0 Å². The molecule has 2 fully saturated rings. The third kappa shape index (κ3) is 5.01. The fourth-order valence-electron chi connectivity index (χ4n) is 4.12. The van der Waals surface area contributed by atoms with E-state index in [1.807, 2.05) is 0 Å². The molecule has 0 bridgehead atoms. The second-order valence-corrected chi connectivity index (χ2v) is 8.95. The van der Waals surface area contributed by atoms with Crippen molar-refractivity contribution in [1.82, 2.24) is 30.0 Å². The van der Waals surface area contributed by atoms with E-state index in [0.29, 0.717) is 17.1 Å². The minimum atomic E-state index is -1.13. The zero-order valence-electron chi connectivity index (χ0n) is 20.4. The summed E-state index contributed by atoms with van der Waals surface area (Å²) in [4.78, 5) is 23.0. The summed E-state index contributed by atoms with van der Waals surface area (Å²) in [6.45, 7) is 2.01. The van der Waals surface area contributed by atoms with E-state index >= 15 is 0 Å². The molecular formula is C26H24F2N6O4. The Morgan fingerprint density at radius 2 is 1.29 bits per heavy atom. The molecule has 0 unspecified atom stereocenters. The maximum atomic E-state index is 13.9. The number of hydrogen-bond acceptors (Lipinski definition) is 7. The van der Waals surface area contributed by atoms with E-state index in [4.69, 9.17) is 9.84 Å². The third-order valence-corrected chi connectivity index (χ3v) is 6.17. The standard InChI is InChI=1S/C14H14FN3O2.C12H10FN3O2/c1-2-20-14(19)12-13(9-7-8-9)18(17-16-12)11-6-4-3-5-10(11)15;13-8-3-1-2-4-9(8)16-11(7-5-6-7)10(12(17)18)14-15-16/h3-6,9H,2,7-8H2,1H3;1-4,7H,5-6H2,(H,17,18). The van der Waals surface area contributed by atoms with Crippen LogP contribution in [0.15, 0.2) is 48.5 Å². The van der Waals surface area contributed by atoms with Crippen molar-refractivity contribution in [2.45, 2.75) is 44.4 Å². The molecule has 2 aliphatic rings. The van der Waals surface area contributed by atoms with E-state index in [9.17, 15) is 18.4 Å². The third-order valence-electron chi connectivity index (χ3n) is 6.17. The molecule has 2 heterocycles. The van der Waals surface area contributed by atoms with Gasteiger partial charge >= 0.3 is 11.9 Å². The fourth-order valence-corrected chi connectivity index (χ4v) is 4.12. The van der Waals surface area contributed by atoms with Gasteiger partial charge in [-0.15, -0.1) is 10.2 Å². The molecule has 2 saturated carbocycles. The van der Waals surface area contributed by atoms with Gasteiger partial charge in [0, 0.05) is 11.8 Å². The molecule has 0 atom stereocenters. The molecular weight excluding hydrogens is 498 g/mol. The highest BCUT2D eigenvalue weighted by atomic mass is 19.1. The van der Waals surface area contributed by atoms with E-state index in [1.54, 1.807) is 43.3 Å². The molecule has 12 heteroatoms. The van der Waals surface area contributed by atoms with Gasteiger partial charge in [0.2, 0.25) is 0 Å². The zero-order valence-corrected chi connectivity index (χ0v) is 20.4. The number of halogens is 2. The molecule has 2 aliphatic carbocycles. The van der Waals surface area contributed by atoms with Gasteiger partial charge in [0.15, 0.2) is 11.4 Å². The topological polar surface area (TPSA) is 125 Å². The molecule has 10 nitrogen and oxygen atoms in total. The first kappa shape index (κ1) is 25.2. The number of hydrogen-bond donors (Lipinski definition) is 1. The van der Waals surface area contributed by atoms with Crippen LogP contribution in [-0.4, -0.2) is 53.6 Å². The Balaban J connectivity index is 0.000000156. The van der Waals surface area contributed by atoms with Crippen LogP contribution in [0, 0.1) is 11.6 Å². The van der Waals surface area contributed by atoms with Crippen LogP contribution in [0.4, 0.5) is 8.78 Å². The molecule has 0 saturated heterocycles. The van der Waals surface area contributed by atoms with Crippen molar-refractivity contribution >= 4 is 11.9 Å². The predicted molar refractivity (Wildman–Crippen MR) is 129 cm³/mol. The number of carboxylic acids is 1. The highest BCUT2D eigenvalue weighted by molar-refractivity contribution is 5.89. The number of esters is 1. The maximum absolute atomic E-state index is 13.9. The van der Waals surface area contributed by atoms with Gasteiger partial charge in [-0.3, -0.25) is 0 Å². The number of aromatic nitrogens is 6. The van der Waals surface area contributed by atoms with E-state index in [0.717, 1.165) is 25.7 Å². The van der Waals surface area contributed by atoms with Crippen LogP contribution >= 0.6 is 0 Å². The first-order valence-corrected chi connectivity index (χ1v) is 12.2. The summed E-state index contributed by atoms with van der Waals surface area (Å²) in [5.41, 5.74) is 1.79. The van der Waals surface area contributed by atoms with Crippen molar-refractivity contribution in [3.8, 4) is 11.4 Å². The van der Waals surface area contributed by atoms with E-state index in [1.165, 1.54) is 21.5 Å². The number of benzene rings is 2. The first-order chi connectivity index (χ1) is 18.4. The molecule has 1 N–H and O–H groups in total. The summed E-state index contributed by atoms with van der Waals surface area (Å²) >= 11 is 0. The molecule has 0 spiro atoms. The van der Waals surface area contributed by atoms with Crippen LogP contribution < -0.4 is 0 Å². The average Bonchev–Trinajstić information content (AvgIpc) is 3.84. The highest BCUT2D eigenvalue weighted by Gasteiger charge is 2.36. The van der Waals surface area contributed by atoms with Crippen molar-refractivity contribution in [1.29, 1.82) is 0 Å². The molecule has 0 radical (unpaired) electrons. The van der Waals surface area contributed by atoms with Crippen LogP contribution in [0.5, 0.6) is 0 Å². The second-order valence-electron chi connectivity index (χ2n) is 8.95. The molecule has 2 aromatic carbocycles. The van der Waals surface area contributed by atoms with Gasteiger partial charge in [-0.25, -0.2) is 27.7 Å². The highest BCUT2D eigenvalue weighted by Crippen LogP contribution is 2.43.